The zero-order chi connectivity index (χ0) is 15.3. The molecule has 0 saturated heterocycles. The fraction of sp³-hybridized carbons (Fsp3) is 0.462. The number of alkyl halides is 3. The Morgan fingerprint density at radius 2 is 2.05 bits per heavy atom. The van der Waals surface area contributed by atoms with Crippen molar-refractivity contribution < 1.29 is 22.7 Å². The first-order chi connectivity index (χ1) is 9.27. The Balaban J connectivity index is 2.92. The third-order valence-electron chi connectivity index (χ3n) is 2.71. The van der Waals surface area contributed by atoms with Crippen molar-refractivity contribution in [2.45, 2.75) is 12.6 Å². The molecule has 0 bridgehead atoms. The first-order valence-electron chi connectivity index (χ1n) is 5.88. The van der Waals surface area contributed by atoms with Crippen LogP contribution < -0.4 is 0 Å². The van der Waals surface area contributed by atoms with E-state index in [1.54, 1.807) is 14.2 Å². The summed E-state index contributed by atoms with van der Waals surface area (Å²) in [4.78, 5) is 13.5. The van der Waals surface area contributed by atoms with Gasteiger partial charge in [-0.25, -0.2) is 0 Å². The van der Waals surface area contributed by atoms with Gasteiger partial charge in [-0.15, -0.1) is 0 Å². The molecule has 0 heterocycles. The zero-order valence-corrected chi connectivity index (χ0v) is 12.7. The summed E-state index contributed by atoms with van der Waals surface area (Å²) >= 11 is 3.11. The minimum absolute atomic E-state index is 0.000239. The summed E-state index contributed by atoms with van der Waals surface area (Å²) in [6, 6.07) is 3.03. The molecule has 0 fully saturated rings. The first kappa shape index (κ1) is 17.0. The predicted molar refractivity (Wildman–Crippen MR) is 72.6 cm³/mol. The number of carbonyl (C=O) groups is 1. The lowest BCUT2D eigenvalue weighted by molar-refractivity contribution is -0.137. The molecule has 0 atom stereocenters. The molecular weight excluding hydrogens is 339 g/mol. The van der Waals surface area contributed by atoms with Crippen LogP contribution in [-0.4, -0.2) is 38.1 Å². The number of nitrogens with zero attached hydrogens (tertiary/aromatic N) is 1. The molecule has 3 nitrogen and oxygen atoms in total. The van der Waals surface area contributed by atoms with Gasteiger partial charge in [0, 0.05) is 31.8 Å². The molecular formula is C13H15BrF3NO2. The van der Waals surface area contributed by atoms with Crippen LogP contribution in [0.4, 0.5) is 13.2 Å². The number of rotatable bonds is 5. The fourth-order valence-corrected chi connectivity index (χ4v) is 2.03. The van der Waals surface area contributed by atoms with Crippen LogP contribution in [0.1, 0.15) is 22.3 Å². The van der Waals surface area contributed by atoms with Gasteiger partial charge in [-0.3, -0.25) is 4.79 Å². The van der Waals surface area contributed by atoms with Crippen LogP contribution in [0.5, 0.6) is 0 Å². The molecule has 0 spiro atoms. The maximum Gasteiger partial charge on any atom is 0.416 e. The van der Waals surface area contributed by atoms with E-state index in [9.17, 15) is 18.0 Å². The van der Waals surface area contributed by atoms with E-state index in [2.05, 4.69) is 15.9 Å². The van der Waals surface area contributed by atoms with Gasteiger partial charge in [0.1, 0.15) is 0 Å². The van der Waals surface area contributed by atoms with E-state index >= 15 is 0 Å². The second kappa shape index (κ2) is 7.08. The van der Waals surface area contributed by atoms with Gasteiger partial charge >= 0.3 is 6.18 Å². The Kier molecular flexibility index (Phi) is 6.01. The van der Waals surface area contributed by atoms with Crippen LogP contribution in [0.2, 0.25) is 0 Å². The minimum Gasteiger partial charge on any atom is -0.385 e. The smallest absolute Gasteiger partial charge is 0.385 e. The Morgan fingerprint density at radius 3 is 2.60 bits per heavy atom. The largest absolute Gasteiger partial charge is 0.416 e. The van der Waals surface area contributed by atoms with Crippen molar-refractivity contribution in [2.24, 2.45) is 0 Å². The molecule has 1 amide bonds. The number of halogens is 4. The highest BCUT2D eigenvalue weighted by Crippen LogP contribution is 2.32. The van der Waals surface area contributed by atoms with Gasteiger partial charge in [-0.05, 0) is 40.5 Å². The van der Waals surface area contributed by atoms with Crippen LogP contribution in [0.3, 0.4) is 0 Å². The van der Waals surface area contributed by atoms with E-state index < -0.39 is 17.6 Å². The molecule has 0 aliphatic carbocycles. The van der Waals surface area contributed by atoms with E-state index in [0.717, 1.165) is 12.1 Å². The van der Waals surface area contributed by atoms with E-state index in [0.29, 0.717) is 24.0 Å². The van der Waals surface area contributed by atoms with Crippen molar-refractivity contribution >= 4 is 21.8 Å². The van der Waals surface area contributed by atoms with Crippen LogP contribution in [-0.2, 0) is 10.9 Å². The summed E-state index contributed by atoms with van der Waals surface area (Å²) in [5, 5.41) is 0. The molecule has 0 radical (unpaired) electrons. The van der Waals surface area contributed by atoms with Crippen molar-refractivity contribution in [1.82, 2.24) is 4.90 Å². The number of benzene rings is 1. The highest BCUT2D eigenvalue weighted by molar-refractivity contribution is 9.10. The predicted octanol–water partition coefficient (Wildman–Crippen LogP) is 3.58. The van der Waals surface area contributed by atoms with Crippen LogP contribution in [0.15, 0.2) is 22.7 Å². The summed E-state index contributed by atoms with van der Waals surface area (Å²) in [6.07, 6.45) is -3.85. The van der Waals surface area contributed by atoms with Gasteiger partial charge in [-0.2, -0.15) is 13.2 Å². The average molecular weight is 354 g/mol. The summed E-state index contributed by atoms with van der Waals surface area (Å²) in [5.74, 6) is -0.459. The molecule has 0 aliphatic heterocycles. The van der Waals surface area contributed by atoms with E-state index in [1.807, 2.05) is 0 Å². The van der Waals surface area contributed by atoms with Crippen molar-refractivity contribution in [3.8, 4) is 0 Å². The molecule has 0 aromatic heterocycles. The lowest BCUT2D eigenvalue weighted by Crippen LogP contribution is -2.29. The molecule has 0 aliphatic rings. The average Bonchev–Trinajstić information content (AvgIpc) is 2.37. The third-order valence-corrected chi connectivity index (χ3v) is 3.40. The van der Waals surface area contributed by atoms with E-state index in [1.165, 1.54) is 11.0 Å². The molecule has 0 saturated carbocycles. The minimum atomic E-state index is -4.47. The number of hydrogen-bond acceptors (Lipinski definition) is 2. The summed E-state index contributed by atoms with van der Waals surface area (Å²) < 4.78 is 43.2. The molecule has 20 heavy (non-hydrogen) atoms. The summed E-state index contributed by atoms with van der Waals surface area (Å²) in [5.41, 5.74) is -0.839. The zero-order valence-electron chi connectivity index (χ0n) is 11.1. The van der Waals surface area contributed by atoms with Gasteiger partial charge in [0.15, 0.2) is 0 Å². The second-order valence-electron chi connectivity index (χ2n) is 4.27. The Labute approximate surface area is 123 Å². The second-order valence-corrected chi connectivity index (χ2v) is 5.12. The van der Waals surface area contributed by atoms with Crippen LogP contribution in [0.25, 0.3) is 0 Å². The standard InChI is InChI=1S/C13H15BrF3NO2/c1-18(6-3-7-20-2)12(19)10-8-9(13(15,16)17)4-5-11(10)14/h4-5,8H,3,6-7H2,1-2H3. The summed E-state index contributed by atoms with van der Waals surface area (Å²) in [6.45, 7) is 0.900. The molecule has 1 aromatic rings. The molecule has 1 aromatic carbocycles. The summed E-state index contributed by atoms with van der Waals surface area (Å²) in [7, 11) is 3.09. The number of amides is 1. The molecule has 1 rings (SSSR count). The lowest BCUT2D eigenvalue weighted by Gasteiger charge is -2.18. The number of carbonyl (C=O) groups excluding carboxylic acids is 1. The molecule has 7 heteroatoms. The highest BCUT2D eigenvalue weighted by atomic mass is 79.9. The highest BCUT2D eigenvalue weighted by Gasteiger charge is 2.31. The van der Waals surface area contributed by atoms with Gasteiger partial charge < -0.3 is 9.64 Å². The first-order valence-corrected chi connectivity index (χ1v) is 6.68. The van der Waals surface area contributed by atoms with Gasteiger partial charge in [-0.1, -0.05) is 0 Å². The van der Waals surface area contributed by atoms with Crippen molar-refractivity contribution in [3.63, 3.8) is 0 Å². The SMILES string of the molecule is COCCCN(C)C(=O)c1cc(C(F)(F)F)ccc1Br. The number of methoxy groups -OCH3 is 1. The maximum absolute atomic E-state index is 12.7. The maximum atomic E-state index is 12.7. The Morgan fingerprint density at radius 1 is 1.40 bits per heavy atom. The van der Waals surface area contributed by atoms with Crippen LogP contribution in [0, 0.1) is 0 Å². The normalized spacial score (nSPS) is 11.5. The van der Waals surface area contributed by atoms with Gasteiger partial charge in [0.2, 0.25) is 0 Å². The monoisotopic (exact) mass is 353 g/mol. The van der Waals surface area contributed by atoms with E-state index in [-0.39, 0.29) is 5.56 Å². The Bertz CT molecular complexity index is 477. The van der Waals surface area contributed by atoms with Crippen molar-refractivity contribution in [1.29, 1.82) is 0 Å². The topological polar surface area (TPSA) is 29.5 Å². The molecule has 0 unspecified atom stereocenters. The van der Waals surface area contributed by atoms with Gasteiger partial charge in [0.25, 0.3) is 5.91 Å². The van der Waals surface area contributed by atoms with Crippen molar-refractivity contribution in [2.75, 3.05) is 27.3 Å². The van der Waals surface area contributed by atoms with Crippen LogP contribution >= 0.6 is 15.9 Å². The molecule has 112 valence electrons. The Hall–Kier alpha value is -1.08. The lowest BCUT2D eigenvalue weighted by atomic mass is 10.1. The van der Waals surface area contributed by atoms with Crippen molar-refractivity contribution in [3.05, 3.63) is 33.8 Å². The van der Waals surface area contributed by atoms with E-state index in [4.69, 9.17) is 4.74 Å². The van der Waals surface area contributed by atoms with Gasteiger partial charge in [0.05, 0.1) is 11.1 Å². The molecule has 0 N–H and O–H groups in total. The number of hydrogen-bond donors (Lipinski definition) is 0. The fourth-order valence-electron chi connectivity index (χ4n) is 1.62. The third kappa shape index (κ3) is 4.49. The number of ether oxygens (including phenoxy) is 1. The quantitative estimate of drug-likeness (QED) is 0.757.